The van der Waals surface area contributed by atoms with Crippen LogP contribution in [0.25, 0.3) is 0 Å². The van der Waals surface area contributed by atoms with E-state index in [2.05, 4.69) is 6.58 Å². The van der Waals surface area contributed by atoms with Crippen molar-refractivity contribution in [2.75, 3.05) is 0 Å². The molecule has 2 unspecified atom stereocenters. The Kier molecular flexibility index (Phi) is 2.59. The van der Waals surface area contributed by atoms with E-state index in [0.717, 1.165) is 5.56 Å². The number of fused-ring (bicyclic) bond motifs is 1. The normalized spacial score (nSPS) is 27.3. The summed E-state index contributed by atoms with van der Waals surface area (Å²) < 4.78 is 5.56. The highest BCUT2D eigenvalue weighted by atomic mass is 16.5. The van der Waals surface area contributed by atoms with E-state index in [4.69, 9.17) is 4.74 Å². The number of Topliss-reactive ketones (excluding diaryl/α,β-unsaturated/α-hetero) is 1. The van der Waals surface area contributed by atoms with Crippen molar-refractivity contribution in [1.29, 1.82) is 0 Å². The highest BCUT2D eigenvalue weighted by molar-refractivity contribution is 5.86. The first kappa shape index (κ1) is 11.9. The van der Waals surface area contributed by atoms with Gasteiger partial charge in [0.1, 0.15) is 28.8 Å². The molecular formula is C14H16O3. The average Bonchev–Trinajstić information content (AvgIpc) is 2.27. The lowest BCUT2D eigenvalue weighted by atomic mass is 9.74. The highest BCUT2D eigenvalue weighted by Crippen LogP contribution is 2.48. The number of aryl methyl sites for hydroxylation is 1. The van der Waals surface area contributed by atoms with Crippen LogP contribution in [0.5, 0.6) is 5.75 Å². The molecule has 0 amide bonds. The van der Waals surface area contributed by atoms with Crippen molar-refractivity contribution >= 4 is 5.78 Å². The van der Waals surface area contributed by atoms with Gasteiger partial charge in [0.05, 0.1) is 0 Å². The van der Waals surface area contributed by atoms with Gasteiger partial charge < -0.3 is 9.84 Å². The number of rotatable bonds is 1. The molecule has 2 rings (SSSR count). The number of aliphatic hydroxyl groups is 1. The second-order valence-corrected chi connectivity index (χ2v) is 4.73. The van der Waals surface area contributed by atoms with Gasteiger partial charge in [-0.25, -0.2) is 0 Å². The highest BCUT2D eigenvalue weighted by Gasteiger charge is 2.47. The van der Waals surface area contributed by atoms with Crippen molar-refractivity contribution in [3.05, 3.63) is 41.7 Å². The zero-order valence-electron chi connectivity index (χ0n) is 10.3. The van der Waals surface area contributed by atoms with Crippen LogP contribution in [0.1, 0.15) is 31.1 Å². The van der Waals surface area contributed by atoms with Crippen molar-refractivity contribution in [2.45, 2.75) is 26.9 Å². The molecule has 0 bridgehead atoms. The van der Waals surface area contributed by atoms with Gasteiger partial charge in [0.2, 0.25) is 0 Å². The quantitative estimate of drug-likeness (QED) is 0.809. The van der Waals surface area contributed by atoms with Gasteiger partial charge in [-0.05, 0) is 32.9 Å². The number of ketones is 1. The molecule has 1 aromatic rings. The summed E-state index contributed by atoms with van der Waals surface area (Å²) in [4.78, 5) is 11.7. The predicted molar refractivity (Wildman–Crippen MR) is 64.7 cm³/mol. The second-order valence-electron chi connectivity index (χ2n) is 4.73. The molecule has 1 heterocycles. The molecule has 1 aliphatic rings. The maximum atomic E-state index is 11.7. The lowest BCUT2D eigenvalue weighted by Gasteiger charge is -2.38. The Bertz CT molecular complexity index is 504. The SMILES string of the molecule is C=C1Oc2ccc(C)cc2C(O)C1(C)C(C)=O. The van der Waals surface area contributed by atoms with E-state index < -0.39 is 11.5 Å². The summed E-state index contributed by atoms with van der Waals surface area (Å²) in [7, 11) is 0. The van der Waals surface area contributed by atoms with E-state index in [1.165, 1.54) is 6.92 Å². The van der Waals surface area contributed by atoms with Crippen LogP contribution in [-0.2, 0) is 4.79 Å². The van der Waals surface area contributed by atoms with Gasteiger partial charge in [-0.1, -0.05) is 18.2 Å². The molecule has 0 saturated heterocycles. The molecule has 90 valence electrons. The van der Waals surface area contributed by atoms with E-state index in [1.54, 1.807) is 13.0 Å². The molecule has 3 nitrogen and oxygen atoms in total. The smallest absolute Gasteiger partial charge is 0.146 e. The number of benzene rings is 1. The molecule has 1 aliphatic heterocycles. The first-order chi connectivity index (χ1) is 7.87. The van der Waals surface area contributed by atoms with Crippen LogP contribution in [0.3, 0.4) is 0 Å². The topological polar surface area (TPSA) is 46.5 Å². The molecule has 0 aliphatic carbocycles. The number of hydrogen-bond donors (Lipinski definition) is 1. The van der Waals surface area contributed by atoms with Crippen molar-refractivity contribution < 1.29 is 14.6 Å². The van der Waals surface area contributed by atoms with E-state index in [9.17, 15) is 9.90 Å². The Labute approximate surface area is 101 Å². The monoisotopic (exact) mass is 232 g/mol. The van der Waals surface area contributed by atoms with Crippen LogP contribution in [0, 0.1) is 12.3 Å². The Morgan fingerprint density at radius 2 is 2.18 bits per heavy atom. The molecule has 0 saturated carbocycles. The van der Waals surface area contributed by atoms with Crippen molar-refractivity contribution in [2.24, 2.45) is 5.41 Å². The fourth-order valence-corrected chi connectivity index (χ4v) is 2.07. The molecule has 0 radical (unpaired) electrons. The Morgan fingerprint density at radius 1 is 1.53 bits per heavy atom. The van der Waals surface area contributed by atoms with Gasteiger partial charge in [0.25, 0.3) is 0 Å². The predicted octanol–water partition coefficient (Wildman–Crippen LogP) is 2.53. The first-order valence-electron chi connectivity index (χ1n) is 5.54. The van der Waals surface area contributed by atoms with Crippen LogP contribution >= 0.6 is 0 Å². The first-order valence-corrected chi connectivity index (χ1v) is 5.54. The van der Waals surface area contributed by atoms with Crippen LogP contribution < -0.4 is 4.74 Å². The van der Waals surface area contributed by atoms with Gasteiger partial charge in [0, 0.05) is 5.56 Å². The molecule has 0 fully saturated rings. The van der Waals surface area contributed by atoms with Crippen molar-refractivity contribution in [1.82, 2.24) is 0 Å². The van der Waals surface area contributed by atoms with Gasteiger partial charge >= 0.3 is 0 Å². The van der Waals surface area contributed by atoms with Gasteiger partial charge in [-0.3, -0.25) is 4.79 Å². The van der Waals surface area contributed by atoms with E-state index in [-0.39, 0.29) is 5.78 Å². The lowest BCUT2D eigenvalue weighted by Crippen LogP contribution is -2.39. The zero-order chi connectivity index (χ0) is 12.8. The molecule has 1 N–H and O–H groups in total. The molecule has 2 atom stereocenters. The van der Waals surface area contributed by atoms with Gasteiger partial charge in [-0.2, -0.15) is 0 Å². The summed E-state index contributed by atoms with van der Waals surface area (Å²) in [5, 5.41) is 10.4. The zero-order valence-corrected chi connectivity index (χ0v) is 10.3. The Morgan fingerprint density at radius 3 is 2.76 bits per heavy atom. The maximum absolute atomic E-state index is 11.7. The summed E-state index contributed by atoms with van der Waals surface area (Å²) in [5.41, 5.74) is 0.598. The average molecular weight is 232 g/mol. The van der Waals surface area contributed by atoms with E-state index in [1.807, 2.05) is 19.1 Å². The molecule has 17 heavy (non-hydrogen) atoms. The third kappa shape index (κ3) is 1.58. The number of ether oxygens (including phenoxy) is 1. The van der Waals surface area contributed by atoms with Crippen molar-refractivity contribution in [3.63, 3.8) is 0 Å². The minimum atomic E-state index is -1.07. The maximum Gasteiger partial charge on any atom is 0.146 e. The molecule has 0 aromatic heterocycles. The number of carbonyl (C=O) groups is 1. The number of carbonyl (C=O) groups excluding carboxylic acids is 1. The van der Waals surface area contributed by atoms with Gasteiger partial charge in [-0.15, -0.1) is 0 Å². The molecule has 3 heteroatoms. The van der Waals surface area contributed by atoms with Crippen molar-refractivity contribution in [3.8, 4) is 5.75 Å². The summed E-state index contributed by atoms with van der Waals surface area (Å²) in [6.45, 7) is 8.79. The third-order valence-corrected chi connectivity index (χ3v) is 3.55. The number of aliphatic hydroxyl groups excluding tert-OH is 1. The summed E-state index contributed by atoms with van der Waals surface area (Å²) >= 11 is 0. The molecular weight excluding hydrogens is 216 g/mol. The fourth-order valence-electron chi connectivity index (χ4n) is 2.07. The van der Waals surface area contributed by atoms with Crippen LogP contribution in [0.4, 0.5) is 0 Å². The largest absolute Gasteiger partial charge is 0.461 e. The second kappa shape index (κ2) is 3.70. The Balaban J connectivity index is 2.60. The van der Waals surface area contributed by atoms with Crippen LogP contribution in [-0.4, -0.2) is 10.9 Å². The summed E-state index contributed by atoms with van der Waals surface area (Å²) in [5.74, 6) is 0.725. The van der Waals surface area contributed by atoms with E-state index >= 15 is 0 Å². The molecule has 1 aromatic carbocycles. The number of hydrogen-bond acceptors (Lipinski definition) is 3. The van der Waals surface area contributed by atoms with E-state index in [0.29, 0.717) is 17.1 Å². The Hall–Kier alpha value is -1.61. The summed E-state index contributed by atoms with van der Waals surface area (Å²) in [6, 6.07) is 5.53. The molecule has 0 spiro atoms. The van der Waals surface area contributed by atoms with Gasteiger partial charge in [0.15, 0.2) is 0 Å². The standard InChI is InChI=1S/C14H16O3/c1-8-5-6-12-11(7-8)13(16)14(4,9(2)15)10(3)17-12/h5-7,13,16H,3H2,1-2,4H3. The minimum Gasteiger partial charge on any atom is -0.461 e. The lowest BCUT2D eigenvalue weighted by molar-refractivity contribution is -0.132. The summed E-state index contributed by atoms with van der Waals surface area (Å²) in [6.07, 6.45) is -0.906. The minimum absolute atomic E-state index is 0.151. The fraction of sp³-hybridized carbons (Fsp3) is 0.357. The van der Waals surface area contributed by atoms with Crippen LogP contribution in [0.15, 0.2) is 30.5 Å². The third-order valence-electron chi connectivity index (χ3n) is 3.55. The van der Waals surface area contributed by atoms with Crippen LogP contribution in [0.2, 0.25) is 0 Å².